The normalized spacial score (nSPS) is 18.5. The fourth-order valence-electron chi connectivity index (χ4n) is 3.78. The zero-order valence-electron chi connectivity index (χ0n) is 15.8. The summed E-state index contributed by atoms with van der Waals surface area (Å²) in [6.07, 6.45) is 5.83. The van der Waals surface area contributed by atoms with Crippen molar-refractivity contribution in [1.29, 1.82) is 0 Å². The van der Waals surface area contributed by atoms with Crippen LogP contribution in [-0.2, 0) is 0 Å². The third kappa shape index (κ3) is 4.29. The molecule has 3 rings (SSSR count). The van der Waals surface area contributed by atoms with Gasteiger partial charge in [0.2, 0.25) is 0 Å². The molecule has 1 aromatic rings. The predicted molar refractivity (Wildman–Crippen MR) is 101 cm³/mol. The van der Waals surface area contributed by atoms with Crippen molar-refractivity contribution in [1.82, 2.24) is 15.1 Å². The van der Waals surface area contributed by atoms with Crippen molar-refractivity contribution in [2.45, 2.75) is 45.1 Å². The number of piperazine rings is 1. The number of rotatable bonds is 3. The molecule has 6 nitrogen and oxygen atoms in total. The van der Waals surface area contributed by atoms with E-state index in [0.29, 0.717) is 43.5 Å². The van der Waals surface area contributed by atoms with Crippen molar-refractivity contribution in [3.63, 3.8) is 0 Å². The summed E-state index contributed by atoms with van der Waals surface area (Å²) in [6, 6.07) is 5.95. The van der Waals surface area contributed by atoms with E-state index in [4.69, 9.17) is 4.74 Å². The summed E-state index contributed by atoms with van der Waals surface area (Å²) in [5.41, 5.74) is 1.62. The smallest absolute Gasteiger partial charge is 0.317 e. The maximum atomic E-state index is 12.9. The lowest BCUT2D eigenvalue weighted by Gasteiger charge is -2.36. The van der Waals surface area contributed by atoms with Gasteiger partial charge < -0.3 is 19.9 Å². The molecule has 0 aromatic heterocycles. The molecule has 142 valence electrons. The summed E-state index contributed by atoms with van der Waals surface area (Å²) in [6.45, 7) is 4.20. The second-order valence-electron chi connectivity index (χ2n) is 7.27. The molecule has 6 heteroatoms. The first-order valence-corrected chi connectivity index (χ1v) is 9.58. The van der Waals surface area contributed by atoms with Crippen molar-refractivity contribution in [3.05, 3.63) is 29.3 Å². The van der Waals surface area contributed by atoms with Crippen LogP contribution >= 0.6 is 0 Å². The van der Waals surface area contributed by atoms with Gasteiger partial charge in [0, 0.05) is 32.2 Å². The van der Waals surface area contributed by atoms with Crippen LogP contribution in [0.2, 0.25) is 0 Å². The second kappa shape index (κ2) is 8.43. The quantitative estimate of drug-likeness (QED) is 0.903. The summed E-state index contributed by atoms with van der Waals surface area (Å²) < 4.78 is 5.33. The summed E-state index contributed by atoms with van der Waals surface area (Å²) in [5.74, 6) is 0.566. The Bertz CT molecular complexity index is 648. The van der Waals surface area contributed by atoms with Crippen LogP contribution in [0, 0.1) is 6.92 Å². The Morgan fingerprint density at radius 2 is 1.69 bits per heavy atom. The van der Waals surface area contributed by atoms with E-state index in [2.05, 4.69) is 5.32 Å². The van der Waals surface area contributed by atoms with Crippen molar-refractivity contribution >= 4 is 11.9 Å². The van der Waals surface area contributed by atoms with Gasteiger partial charge in [-0.15, -0.1) is 0 Å². The molecule has 1 saturated carbocycles. The lowest BCUT2D eigenvalue weighted by molar-refractivity contribution is 0.0659. The Balaban J connectivity index is 1.55. The number of carbonyl (C=O) groups is 2. The monoisotopic (exact) mass is 359 g/mol. The number of hydrogen-bond donors (Lipinski definition) is 1. The summed E-state index contributed by atoms with van der Waals surface area (Å²) in [5, 5.41) is 3.15. The van der Waals surface area contributed by atoms with E-state index in [0.717, 1.165) is 18.4 Å². The lowest BCUT2D eigenvalue weighted by Crippen LogP contribution is -2.54. The van der Waals surface area contributed by atoms with Gasteiger partial charge in [-0.2, -0.15) is 0 Å². The standard InChI is InChI=1S/C20H29N3O3/c1-15-8-9-18(26-2)17(14-15)19(24)22-10-12-23(13-11-22)20(25)21-16-6-4-3-5-7-16/h8-9,14,16H,3-7,10-13H2,1-2H3,(H,21,25). The molecule has 1 aliphatic carbocycles. The zero-order chi connectivity index (χ0) is 18.5. The minimum Gasteiger partial charge on any atom is -0.496 e. The van der Waals surface area contributed by atoms with Gasteiger partial charge in [-0.25, -0.2) is 4.79 Å². The van der Waals surface area contributed by atoms with Crippen LogP contribution < -0.4 is 10.1 Å². The number of hydrogen-bond acceptors (Lipinski definition) is 3. The number of aryl methyl sites for hydroxylation is 1. The van der Waals surface area contributed by atoms with E-state index in [1.165, 1.54) is 19.3 Å². The highest BCUT2D eigenvalue weighted by Crippen LogP contribution is 2.22. The van der Waals surface area contributed by atoms with Gasteiger partial charge in [-0.3, -0.25) is 4.79 Å². The Morgan fingerprint density at radius 1 is 1.04 bits per heavy atom. The van der Waals surface area contributed by atoms with Crippen LogP contribution in [0.15, 0.2) is 18.2 Å². The number of methoxy groups -OCH3 is 1. The average molecular weight is 359 g/mol. The van der Waals surface area contributed by atoms with E-state index < -0.39 is 0 Å². The van der Waals surface area contributed by atoms with Crippen LogP contribution in [0.1, 0.15) is 48.0 Å². The first kappa shape index (κ1) is 18.5. The highest BCUT2D eigenvalue weighted by atomic mass is 16.5. The molecule has 2 aliphatic rings. The van der Waals surface area contributed by atoms with E-state index in [1.807, 2.05) is 34.9 Å². The Kier molecular flexibility index (Phi) is 6.01. The minimum atomic E-state index is -0.0297. The van der Waals surface area contributed by atoms with Crippen molar-refractivity contribution in [2.24, 2.45) is 0 Å². The third-order valence-corrected chi connectivity index (χ3v) is 5.37. The molecule has 0 unspecified atom stereocenters. The van der Waals surface area contributed by atoms with Crippen LogP contribution in [0.5, 0.6) is 5.75 Å². The number of carbonyl (C=O) groups excluding carboxylic acids is 2. The highest BCUT2D eigenvalue weighted by molar-refractivity contribution is 5.97. The van der Waals surface area contributed by atoms with Crippen LogP contribution in [0.3, 0.4) is 0 Å². The summed E-state index contributed by atoms with van der Waals surface area (Å²) in [4.78, 5) is 28.9. The first-order valence-electron chi connectivity index (χ1n) is 9.58. The largest absolute Gasteiger partial charge is 0.496 e. The first-order chi connectivity index (χ1) is 12.6. The summed E-state index contributed by atoms with van der Waals surface area (Å²) >= 11 is 0. The molecule has 1 saturated heterocycles. The van der Waals surface area contributed by atoms with Crippen molar-refractivity contribution < 1.29 is 14.3 Å². The molecule has 1 aromatic carbocycles. The lowest BCUT2D eigenvalue weighted by atomic mass is 9.96. The number of amides is 3. The number of nitrogens with one attached hydrogen (secondary N) is 1. The molecule has 1 N–H and O–H groups in total. The van der Waals surface area contributed by atoms with Gasteiger partial charge >= 0.3 is 6.03 Å². The summed E-state index contributed by atoms with van der Waals surface area (Å²) in [7, 11) is 1.58. The number of ether oxygens (including phenoxy) is 1. The zero-order valence-corrected chi connectivity index (χ0v) is 15.8. The molecule has 2 fully saturated rings. The molecule has 26 heavy (non-hydrogen) atoms. The molecule has 1 heterocycles. The molecule has 0 spiro atoms. The minimum absolute atomic E-state index is 0.0112. The third-order valence-electron chi connectivity index (χ3n) is 5.37. The highest BCUT2D eigenvalue weighted by Gasteiger charge is 2.27. The topological polar surface area (TPSA) is 61.9 Å². The predicted octanol–water partition coefficient (Wildman–Crippen LogP) is 2.80. The van der Waals surface area contributed by atoms with Gasteiger partial charge in [0.25, 0.3) is 5.91 Å². The van der Waals surface area contributed by atoms with Gasteiger partial charge in [0.05, 0.1) is 12.7 Å². The van der Waals surface area contributed by atoms with Crippen molar-refractivity contribution in [3.8, 4) is 5.75 Å². The SMILES string of the molecule is COc1ccc(C)cc1C(=O)N1CCN(C(=O)NC2CCCCC2)CC1. The molecule has 0 atom stereocenters. The maximum absolute atomic E-state index is 12.9. The Labute approximate surface area is 155 Å². The Hall–Kier alpha value is -2.24. The number of urea groups is 1. The Morgan fingerprint density at radius 3 is 2.35 bits per heavy atom. The number of nitrogens with zero attached hydrogens (tertiary/aromatic N) is 2. The molecular weight excluding hydrogens is 330 g/mol. The molecule has 0 bridgehead atoms. The average Bonchev–Trinajstić information content (AvgIpc) is 2.68. The van der Waals surface area contributed by atoms with E-state index in [-0.39, 0.29) is 11.9 Å². The van der Waals surface area contributed by atoms with Gasteiger partial charge in [0.1, 0.15) is 5.75 Å². The fourth-order valence-corrected chi connectivity index (χ4v) is 3.78. The van der Waals surface area contributed by atoms with E-state index in [1.54, 1.807) is 7.11 Å². The molecule has 3 amide bonds. The molecule has 1 aliphatic heterocycles. The fraction of sp³-hybridized carbons (Fsp3) is 0.600. The van der Waals surface area contributed by atoms with Crippen LogP contribution in [0.4, 0.5) is 4.79 Å². The van der Waals surface area contributed by atoms with Gasteiger partial charge in [-0.1, -0.05) is 30.9 Å². The maximum Gasteiger partial charge on any atom is 0.317 e. The van der Waals surface area contributed by atoms with Gasteiger partial charge in [0.15, 0.2) is 0 Å². The second-order valence-corrected chi connectivity index (χ2v) is 7.27. The van der Waals surface area contributed by atoms with Crippen molar-refractivity contribution in [2.75, 3.05) is 33.3 Å². The van der Waals surface area contributed by atoms with Gasteiger partial charge in [-0.05, 0) is 31.9 Å². The van der Waals surface area contributed by atoms with Crippen LogP contribution in [0.25, 0.3) is 0 Å². The molecule has 0 radical (unpaired) electrons. The molecular formula is C20H29N3O3. The van der Waals surface area contributed by atoms with Crippen LogP contribution in [-0.4, -0.2) is 61.1 Å². The van der Waals surface area contributed by atoms with E-state index >= 15 is 0 Å². The van der Waals surface area contributed by atoms with E-state index in [9.17, 15) is 9.59 Å². The number of benzene rings is 1.